The summed E-state index contributed by atoms with van der Waals surface area (Å²) in [6, 6.07) is 7.64. The highest BCUT2D eigenvalue weighted by Gasteiger charge is 2.42. The van der Waals surface area contributed by atoms with Gasteiger partial charge in [-0.15, -0.1) is 0 Å². The fourth-order valence-electron chi connectivity index (χ4n) is 3.31. The number of rotatable bonds is 1. The Morgan fingerprint density at radius 1 is 1.33 bits per heavy atom. The average molecular weight is 263 g/mol. The normalized spacial score (nSPS) is 30.3. The largest absolute Gasteiger partial charge is 0.393 e. The van der Waals surface area contributed by atoms with Crippen LogP contribution in [-0.2, 0) is 0 Å². The van der Waals surface area contributed by atoms with E-state index in [9.17, 15) is 10.4 Å². The van der Waals surface area contributed by atoms with Crippen molar-refractivity contribution in [3.63, 3.8) is 0 Å². The summed E-state index contributed by atoms with van der Waals surface area (Å²) in [6.07, 6.45) is 1.85. The Balaban J connectivity index is 1.87. The number of nitriles is 1. The highest BCUT2D eigenvalue weighted by atomic mass is 35.5. The molecule has 3 atom stereocenters. The van der Waals surface area contributed by atoms with Crippen molar-refractivity contribution < 1.29 is 5.11 Å². The quantitative estimate of drug-likeness (QED) is 0.846. The van der Waals surface area contributed by atoms with Gasteiger partial charge in [0, 0.05) is 24.0 Å². The lowest BCUT2D eigenvalue weighted by Gasteiger charge is -2.21. The fourth-order valence-corrected chi connectivity index (χ4v) is 3.48. The standard InChI is InChI=1S/C14H15ClN2O/c15-11-2-3-13(10(5-11)6-16)17-7-9-1-4-14(18)12(9)8-17/h2-3,5,9,12,14,18H,1,4,7-8H2. The smallest absolute Gasteiger partial charge is 0.101 e. The molecule has 0 radical (unpaired) electrons. The molecule has 18 heavy (non-hydrogen) atoms. The van der Waals surface area contributed by atoms with Crippen LogP contribution in [0.25, 0.3) is 0 Å². The molecule has 3 rings (SSSR count). The van der Waals surface area contributed by atoms with Gasteiger partial charge in [0.15, 0.2) is 0 Å². The summed E-state index contributed by atoms with van der Waals surface area (Å²) in [5, 5.41) is 19.7. The van der Waals surface area contributed by atoms with Crippen LogP contribution in [0.3, 0.4) is 0 Å². The second kappa shape index (κ2) is 4.46. The highest BCUT2D eigenvalue weighted by Crippen LogP contribution is 2.40. The van der Waals surface area contributed by atoms with E-state index in [4.69, 9.17) is 11.6 Å². The summed E-state index contributed by atoms with van der Waals surface area (Å²) < 4.78 is 0. The zero-order valence-electron chi connectivity index (χ0n) is 10.0. The first kappa shape index (κ1) is 11.8. The van der Waals surface area contributed by atoms with Crippen molar-refractivity contribution in [2.75, 3.05) is 18.0 Å². The van der Waals surface area contributed by atoms with E-state index in [-0.39, 0.29) is 6.10 Å². The van der Waals surface area contributed by atoms with Gasteiger partial charge < -0.3 is 10.0 Å². The van der Waals surface area contributed by atoms with Gasteiger partial charge in [-0.05, 0) is 37.0 Å². The van der Waals surface area contributed by atoms with Crippen LogP contribution in [0.15, 0.2) is 18.2 Å². The lowest BCUT2D eigenvalue weighted by molar-refractivity contribution is 0.133. The van der Waals surface area contributed by atoms with E-state index >= 15 is 0 Å². The second-order valence-electron chi connectivity index (χ2n) is 5.25. The lowest BCUT2D eigenvalue weighted by atomic mass is 10.00. The molecule has 0 bridgehead atoms. The summed E-state index contributed by atoms with van der Waals surface area (Å²) >= 11 is 5.91. The number of hydrogen-bond acceptors (Lipinski definition) is 3. The van der Waals surface area contributed by atoms with Crippen LogP contribution in [0.4, 0.5) is 5.69 Å². The Hall–Kier alpha value is -1.24. The first-order valence-corrected chi connectivity index (χ1v) is 6.69. The molecule has 1 N–H and O–H groups in total. The number of benzene rings is 1. The summed E-state index contributed by atoms with van der Waals surface area (Å²) in [7, 11) is 0. The van der Waals surface area contributed by atoms with Crippen LogP contribution in [0.2, 0.25) is 5.02 Å². The first-order valence-electron chi connectivity index (χ1n) is 6.31. The molecule has 1 aromatic rings. The number of halogens is 1. The van der Waals surface area contributed by atoms with Crippen LogP contribution in [0, 0.1) is 23.2 Å². The molecule has 2 aliphatic rings. The maximum Gasteiger partial charge on any atom is 0.101 e. The van der Waals surface area contributed by atoms with E-state index in [0.717, 1.165) is 31.6 Å². The molecule has 1 heterocycles. The summed E-state index contributed by atoms with van der Waals surface area (Å²) in [5.41, 5.74) is 1.57. The number of anilines is 1. The molecule has 0 amide bonds. The predicted molar refractivity (Wildman–Crippen MR) is 70.6 cm³/mol. The van der Waals surface area contributed by atoms with Crippen LogP contribution in [0.5, 0.6) is 0 Å². The van der Waals surface area contributed by atoms with Gasteiger partial charge in [-0.3, -0.25) is 0 Å². The molecule has 1 aliphatic heterocycles. The van der Waals surface area contributed by atoms with Gasteiger partial charge >= 0.3 is 0 Å². The Labute approximate surface area is 112 Å². The highest BCUT2D eigenvalue weighted by molar-refractivity contribution is 6.30. The van der Waals surface area contributed by atoms with Crippen molar-refractivity contribution in [1.29, 1.82) is 5.26 Å². The van der Waals surface area contributed by atoms with Gasteiger partial charge in [0.2, 0.25) is 0 Å². The van der Waals surface area contributed by atoms with Gasteiger partial charge in [-0.2, -0.15) is 5.26 Å². The van der Waals surface area contributed by atoms with E-state index < -0.39 is 0 Å². The van der Waals surface area contributed by atoms with Crippen molar-refractivity contribution in [2.24, 2.45) is 11.8 Å². The summed E-state index contributed by atoms with van der Waals surface area (Å²) in [6.45, 7) is 1.79. The Kier molecular flexibility index (Phi) is 2.93. The maximum absolute atomic E-state index is 9.92. The summed E-state index contributed by atoms with van der Waals surface area (Å²) in [4.78, 5) is 2.21. The van der Waals surface area contributed by atoms with Crippen molar-refractivity contribution >= 4 is 17.3 Å². The molecule has 2 fully saturated rings. The molecule has 1 saturated carbocycles. The molecule has 3 unspecified atom stereocenters. The maximum atomic E-state index is 9.92. The molecule has 1 aromatic carbocycles. The number of nitrogens with zero attached hydrogens (tertiary/aromatic N) is 2. The SMILES string of the molecule is N#Cc1cc(Cl)ccc1N1CC2CCC(O)C2C1. The molecular weight excluding hydrogens is 248 g/mol. The lowest BCUT2D eigenvalue weighted by Crippen LogP contribution is -2.25. The molecule has 4 heteroatoms. The van der Waals surface area contributed by atoms with E-state index in [1.807, 2.05) is 12.1 Å². The number of fused-ring (bicyclic) bond motifs is 1. The molecule has 1 saturated heterocycles. The zero-order valence-corrected chi connectivity index (χ0v) is 10.8. The minimum atomic E-state index is -0.169. The van der Waals surface area contributed by atoms with E-state index in [1.54, 1.807) is 6.07 Å². The van der Waals surface area contributed by atoms with Crippen LogP contribution in [-0.4, -0.2) is 24.3 Å². The van der Waals surface area contributed by atoms with Gasteiger partial charge in [0.25, 0.3) is 0 Å². The van der Waals surface area contributed by atoms with E-state index in [2.05, 4.69) is 11.0 Å². The third-order valence-corrected chi connectivity index (χ3v) is 4.47. The first-order chi connectivity index (χ1) is 8.69. The molecule has 0 aromatic heterocycles. The third-order valence-electron chi connectivity index (χ3n) is 4.24. The van der Waals surface area contributed by atoms with Gasteiger partial charge in [0.1, 0.15) is 6.07 Å². The van der Waals surface area contributed by atoms with E-state index in [1.165, 1.54) is 0 Å². The zero-order chi connectivity index (χ0) is 12.7. The van der Waals surface area contributed by atoms with Crippen LogP contribution >= 0.6 is 11.6 Å². The monoisotopic (exact) mass is 262 g/mol. The Morgan fingerprint density at radius 2 is 2.17 bits per heavy atom. The fraction of sp³-hybridized carbons (Fsp3) is 0.500. The van der Waals surface area contributed by atoms with E-state index in [0.29, 0.717) is 22.4 Å². The Morgan fingerprint density at radius 3 is 2.89 bits per heavy atom. The number of hydrogen-bond donors (Lipinski definition) is 1. The number of aliphatic hydroxyl groups is 1. The molecule has 3 nitrogen and oxygen atoms in total. The van der Waals surface area contributed by atoms with Crippen LogP contribution < -0.4 is 4.90 Å². The van der Waals surface area contributed by atoms with Crippen molar-refractivity contribution in [3.8, 4) is 6.07 Å². The topological polar surface area (TPSA) is 47.3 Å². The van der Waals surface area contributed by atoms with Gasteiger partial charge in [-0.1, -0.05) is 11.6 Å². The molecular formula is C14H15ClN2O. The minimum absolute atomic E-state index is 0.169. The van der Waals surface area contributed by atoms with Crippen molar-refractivity contribution in [3.05, 3.63) is 28.8 Å². The third kappa shape index (κ3) is 1.86. The molecule has 94 valence electrons. The number of aliphatic hydroxyl groups excluding tert-OH is 1. The summed E-state index contributed by atoms with van der Waals surface area (Å²) in [5.74, 6) is 0.939. The average Bonchev–Trinajstić information content (AvgIpc) is 2.92. The molecule has 0 spiro atoms. The van der Waals surface area contributed by atoms with Gasteiger partial charge in [0.05, 0.1) is 17.4 Å². The molecule has 1 aliphatic carbocycles. The minimum Gasteiger partial charge on any atom is -0.393 e. The second-order valence-corrected chi connectivity index (χ2v) is 5.68. The van der Waals surface area contributed by atoms with Gasteiger partial charge in [-0.25, -0.2) is 0 Å². The van der Waals surface area contributed by atoms with Crippen molar-refractivity contribution in [2.45, 2.75) is 18.9 Å². The van der Waals surface area contributed by atoms with Crippen molar-refractivity contribution in [1.82, 2.24) is 0 Å². The van der Waals surface area contributed by atoms with Crippen LogP contribution in [0.1, 0.15) is 18.4 Å². The Bertz CT molecular complexity index is 511. The predicted octanol–water partition coefficient (Wildman–Crippen LogP) is 2.42.